The second kappa shape index (κ2) is 8.24. The van der Waals surface area contributed by atoms with E-state index in [-0.39, 0.29) is 29.2 Å². The highest BCUT2D eigenvalue weighted by molar-refractivity contribution is 6.33. The van der Waals surface area contributed by atoms with Crippen LogP contribution in [0.2, 0.25) is 5.02 Å². The van der Waals surface area contributed by atoms with Crippen molar-refractivity contribution in [1.29, 1.82) is 0 Å². The Morgan fingerprint density at radius 1 is 1.06 bits per heavy atom. The quantitative estimate of drug-likeness (QED) is 0.274. The zero-order valence-corrected chi connectivity index (χ0v) is 17.6. The van der Waals surface area contributed by atoms with Crippen LogP contribution in [0.1, 0.15) is 16.7 Å². The van der Waals surface area contributed by atoms with Crippen LogP contribution in [-0.2, 0) is 6.61 Å². The fourth-order valence-corrected chi connectivity index (χ4v) is 3.72. The second-order valence-corrected chi connectivity index (χ2v) is 7.64. The molecular weight excluding hydrogens is 418 g/mol. The largest absolute Gasteiger partial charge is 0.481 e. The number of nitrogens with zero attached hydrogens (tertiary/aromatic N) is 1. The van der Waals surface area contributed by atoms with Crippen LogP contribution in [0.15, 0.2) is 69.9 Å². The Labute approximate surface area is 182 Å². The van der Waals surface area contributed by atoms with Gasteiger partial charge < -0.3 is 9.15 Å². The fourth-order valence-electron chi connectivity index (χ4n) is 3.50. The van der Waals surface area contributed by atoms with Crippen molar-refractivity contribution in [1.82, 2.24) is 0 Å². The van der Waals surface area contributed by atoms with Crippen molar-refractivity contribution in [2.75, 3.05) is 0 Å². The summed E-state index contributed by atoms with van der Waals surface area (Å²) in [6.07, 6.45) is 0. The molecule has 156 valence electrons. The minimum absolute atomic E-state index is 0.0169. The number of nitro benzene ring substituents is 1. The van der Waals surface area contributed by atoms with E-state index in [2.05, 4.69) is 0 Å². The fraction of sp³-hybridized carbons (Fsp3) is 0.125. The molecule has 1 heterocycles. The Kier molecular flexibility index (Phi) is 5.48. The highest BCUT2D eigenvalue weighted by Crippen LogP contribution is 2.36. The van der Waals surface area contributed by atoms with Gasteiger partial charge in [0.05, 0.1) is 15.3 Å². The first-order valence-corrected chi connectivity index (χ1v) is 9.92. The summed E-state index contributed by atoms with van der Waals surface area (Å²) in [5.41, 5.74) is 3.12. The Balaban J connectivity index is 1.85. The minimum atomic E-state index is -0.469. The van der Waals surface area contributed by atoms with Crippen molar-refractivity contribution >= 4 is 28.3 Å². The lowest BCUT2D eigenvalue weighted by molar-refractivity contribution is -0.384. The lowest BCUT2D eigenvalue weighted by Gasteiger charge is -2.14. The number of halogens is 1. The third kappa shape index (κ3) is 4.02. The summed E-state index contributed by atoms with van der Waals surface area (Å²) in [6.45, 7) is 3.82. The van der Waals surface area contributed by atoms with Gasteiger partial charge in [0, 0.05) is 17.7 Å². The van der Waals surface area contributed by atoms with E-state index in [0.717, 1.165) is 11.1 Å². The van der Waals surface area contributed by atoms with Crippen molar-refractivity contribution < 1.29 is 14.1 Å². The lowest BCUT2D eigenvalue weighted by atomic mass is 10.0. The molecule has 0 saturated carbocycles. The van der Waals surface area contributed by atoms with Gasteiger partial charge in [-0.1, -0.05) is 29.8 Å². The molecular formula is C24H18ClNO5. The number of hydrogen-bond donors (Lipinski definition) is 0. The Morgan fingerprint density at radius 3 is 2.45 bits per heavy atom. The van der Waals surface area contributed by atoms with E-state index < -0.39 is 4.92 Å². The Morgan fingerprint density at radius 2 is 1.77 bits per heavy atom. The van der Waals surface area contributed by atoms with Gasteiger partial charge in [0.1, 0.15) is 12.2 Å². The number of benzene rings is 3. The summed E-state index contributed by atoms with van der Waals surface area (Å²) in [4.78, 5) is 23.8. The lowest BCUT2D eigenvalue weighted by Crippen LogP contribution is -2.11. The van der Waals surface area contributed by atoms with Gasteiger partial charge in [-0.2, -0.15) is 0 Å². The molecule has 0 fully saturated rings. The highest BCUT2D eigenvalue weighted by Gasteiger charge is 2.21. The first-order valence-electron chi connectivity index (χ1n) is 9.54. The molecule has 0 aliphatic heterocycles. The molecule has 4 rings (SSSR count). The third-order valence-electron chi connectivity index (χ3n) is 4.94. The van der Waals surface area contributed by atoms with Gasteiger partial charge in [-0.05, 0) is 60.9 Å². The molecule has 0 spiro atoms. The van der Waals surface area contributed by atoms with Crippen molar-refractivity contribution in [3.05, 3.63) is 103 Å². The first kappa shape index (κ1) is 20.6. The van der Waals surface area contributed by atoms with Gasteiger partial charge in [-0.25, -0.2) is 0 Å². The molecule has 1 aromatic heterocycles. The van der Waals surface area contributed by atoms with Crippen molar-refractivity contribution in [3.63, 3.8) is 0 Å². The number of fused-ring (bicyclic) bond motifs is 1. The topological polar surface area (TPSA) is 82.6 Å². The van der Waals surface area contributed by atoms with E-state index in [9.17, 15) is 14.9 Å². The molecule has 0 radical (unpaired) electrons. The molecule has 0 bridgehead atoms. The minimum Gasteiger partial charge on any atom is -0.481 e. The average molecular weight is 436 g/mol. The molecule has 3 aromatic carbocycles. The molecule has 0 unspecified atom stereocenters. The predicted molar refractivity (Wildman–Crippen MR) is 120 cm³/mol. The SMILES string of the molecule is Cc1cc(C)c2c(=O)c(OCc3ccc([N+](=O)[O-])cc3)c(-c3ccccc3Cl)oc2c1. The summed E-state index contributed by atoms with van der Waals surface area (Å²) >= 11 is 6.38. The summed E-state index contributed by atoms with van der Waals surface area (Å²) in [7, 11) is 0. The molecule has 0 N–H and O–H groups in total. The van der Waals surface area contributed by atoms with Crippen LogP contribution in [0, 0.1) is 24.0 Å². The third-order valence-corrected chi connectivity index (χ3v) is 5.27. The van der Waals surface area contributed by atoms with Gasteiger partial charge in [-0.15, -0.1) is 0 Å². The summed E-state index contributed by atoms with van der Waals surface area (Å²) in [5, 5.41) is 11.7. The monoisotopic (exact) mass is 435 g/mol. The van der Waals surface area contributed by atoms with Gasteiger partial charge in [0.15, 0.2) is 5.76 Å². The molecule has 4 aromatic rings. The van der Waals surface area contributed by atoms with E-state index in [1.54, 1.807) is 36.4 Å². The molecule has 31 heavy (non-hydrogen) atoms. The number of nitro groups is 1. The predicted octanol–water partition coefficient (Wildman–Crippen LogP) is 6.22. The number of non-ortho nitro benzene ring substituents is 1. The zero-order valence-electron chi connectivity index (χ0n) is 16.8. The summed E-state index contributed by atoms with van der Waals surface area (Å²) in [6, 6.07) is 16.7. The van der Waals surface area contributed by atoms with Crippen LogP contribution in [0.3, 0.4) is 0 Å². The number of aryl methyl sites for hydroxylation is 2. The van der Waals surface area contributed by atoms with Gasteiger partial charge in [0.25, 0.3) is 5.69 Å². The van der Waals surface area contributed by atoms with Crippen LogP contribution in [0.4, 0.5) is 5.69 Å². The molecule has 0 atom stereocenters. The second-order valence-electron chi connectivity index (χ2n) is 7.24. The van der Waals surface area contributed by atoms with Crippen LogP contribution in [0.5, 0.6) is 5.75 Å². The smallest absolute Gasteiger partial charge is 0.269 e. The Hall–Kier alpha value is -3.64. The number of rotatable bonds is 5. The standard InChI is InChI=1S/C24H18ClNO5/c1-14-11-15(2)21-20(12-14)31-23(18-5-3-4-6-19(18)25)24(22(21)27)30-13-16-7-9-17(10-8-16)26(28)29/h3-12H,13H2,1-2H3. The van der Waals surface area contributed by atoms with E-state index in [1.165, 1.54) is 12.1 Å². The normalized spacial score (nSPS) is 10.9. The van der Waals surface area contributed by atoms with Crippen LogP contribution < -0.4 is 10.2 Å². The number of ether oxygens (including phenoxy) is 1. The summed E-state index contributed by atoms with van der Waals surface area (Å²) < 4.78 is 12.1. The molecule has 7 heteroatoms. The first-order chi connectivity index (χ1) is 14.8. The molecule has 0 saturated heterocycles. The van der Waals surface area contributed by atoms with Gasteiger partial charge in [0.2, 0.25) is 11.2 Å². The van der Waals surface area contributed by atoms with Gasteiger partial charge in [-0.3, -0.25) is 14.9 Å². The molecule has 0 amide bonds. The molecule has 0 aliphatic carbocycles. The maximum absolute atomic E-state index is 13.4. The van der Waals surface area contributed by atoms with E-state index in [0.29, 0.717) is 27.1 Å². The Bertz CT molecular complexity index is 1360. The van der Waals surface area contributed by atoms with Crippen molar-refractivity contribution in [2.45, 2.75) is 20.5 Å². The van der Waals surface area contributed by atoms with Crippen molar-refractivity contribution in [3.8, 4) is 17.1 Å². The maximum Gasteiger partial charge on any atom is 0.269 e. The molecule has 6 nitrogen and oxygen atoms in total. The van der Waals surface area contributed by atoms with E-state index in [4.69, 9.17) is 20.8 Å². The zero-order chi connectivity index (χ0) is 22.1. The highest BCUT2D eigenvalue weighted by atomic mass is 35.5. The van der Waals surface area contributed by atoms with E-state index in [1.807, 2.05) is 26.0 Å². The molecule has 0 aliphatic rings. The van der Waals surface area contributed by atoms with Crippen LogP contribution >= 0.6 is 11.6 Å². The van der Waals surface area contributed by atoms with Crippen molar-refractivity contribution in [2.24, 2.45) is 0 Å². The van der Waals surface area contributed by atoms with E-state index >= 15 is 0 Å². The number of hydrogen-bond acceptors (Lipinski definition) is 5. The van der Waals surface area contributed by atoms with Gasteiger partial charge >= 0.3 is 0 Å². The maximum atomic E-state index is 13.4. The summed E-state index contributed by atoms with van der Waals surface area (Å²) in [5.74, 6) is 0.293. The average Bonchev–Trinajstić information content (AvgIpc) is 2.73. The van der Waals surface area contributed by atoms with Crippen LogP contribution in [0.25, 0.3) is 22.3 Å². The van der Waals surface area contributed by atoms with Crippen LogP contribution in [-0.4, -0.2) is 4.92 Å².